The molecule has 0 unspecified atom stereocenters. The highest BCUT2D eigenvalue weighted by molar-refractivity contribution is 6.06. The lowest BCUT2D eigenvalue weighted by Crippen LogP contribution is -2.42. The molecule has 1 heterocycles. The van der Waals surface area contributed by atoms with Gasteiger partial charge in [0.25, 0.3) is 5.91 Å². The first-order chi connectivity index (χ1) is 14.0. The van der Waals surface area contributed by atoms with Crippen molar-refractivity contribution in [3.05, 3.63) is 53.8 Å². The summed E-state index contributed by atoms with van der Waals surface area (Å²) in [7, 11) is 0. The molecular formula is C22H25FN2O4. The summed E-state index contributed by atoms with van der Waals surface area (Å²) < 4.78 is 24.6. The molecular weight excluding hydrogens is 375 g/mol. The maximum absolute atomic E-state index is 13.4. The Balaban J connectivity index is 1.93. The molecule has 2 aromatic rings. The first-order valence-electron chi connectivity index (χ1n) is 9.78. The highest BCUT2D eigenvalue weighted by atomic mass is 19.1. The number of hydrogen-bond acceptors (Lipinski definition) is 4. The van der Waals surface area contributed by atoms with Crippen molar-refractivity contribution in [2.45, 2.75) is 26.7 Å². The van der Waals surface area contributed by atoms with Crippen LogP contribution in [0.5, 0.6) is 11.5 Å². The summed E-state index contributed by atoms with van der Waals surface area (Å²) in [5.41, 5.74) is 0.913. The smallest absolute Gasteiger partial charge is 0.259 e. The molecule has 0 saturated carbocycles. The molecule has 0 N–H and O–H groups in total. The summed E-state index contributed by atoms with van der Waals surface area (Å²) in [5.74, 6) is 0.357. The monoisotopic (exact) mass is 400 g/mol. The largest absolute Gasteiger partial charge is 0.490 e. The van der Waals surface area contributed by atoms with Gasteiger partial charge in [-0.15, -0.1) is 0 Å². The second kappa shape index (κ2) is 9.41. The number of anilines is 1. The van der Waals surface area contributed by atoms with Crippen LogP contribution in [0.1, 0.15) is 37.0 Å². The van der Waals surface area contributed by atoms with E-state index < -0.39 is 5.82 Å². The third kappa shape index (κ3) is 4.85. The van der Waals surface area contributed by atoms with Crippen LogP contribution in [-0.2, 0) is 4.79 Å². The molecule has 2 aromatic carbocycles. The lowest BCUT2D eigenvalue weighted by Gasteiger charge is -2.28. The third-order valence-electron chi connectivity index (χ3n) is 4.66. The van der Waals surface area contributed by atoms with Crippen LogP contribution >= 0.6 is 0 Å². The minimum atomic E-state index is -0.391. The van der Waals surface area contributed by atoms with Gasteiger partial charge in [-0.3, -0.25) is 14.5 Å². The number of carbonyl (C=O) groups excluding carboxylic acids is 2. The second-order valence-corrected chi connectivity index (χ2v) is 6.64. The number of amides is 2. The quantitative estimate of drug-likeness (QED) is 0.675. The van der Waals surface area contributed by atoms with E-state index in [-0.39, 0.29) is 18.5 Å². The van der Waals surface area contributed by atoms with Crippen molar-refractivity contribution in [3.63, 3.8) is 0 Å². The first kappa shape index (κ1) is 20.6. The Morgan fingerprint density at radius 3 is 2.38 bits per heavy atom. The van der Waals surface area contributed by atoms with Crippen LogP contribution < -0.4 is 14.4 Å². The Morgan fingerprint density at radius 1 is 1.07 bits per heavy atom. The van der Waals surface area contributed by atoms with Crippen LogP contribution in [0.15, 0.2) is 42.5 Å². The van der Waals surface area contributed by atoms with Crippen LogP contribution in [0.25, 0.3) is 0 Å². The SMILES string of the molecule is CCOc1ccc(C(=O)N(CN2CCCC2=O)c2ccc(F)cc2)cc1OCC. The van der Waals surface area contributed by atoms with Crippen molar-refractivity contribution in [1.82, 2.24) is 4.90 Å². The molecule has 29 heavy (non-hydrogen) atoms. The van der Waals surface area contributed by atoms with Crippen molar-refractivity contribution < 1.29 is 23.5 Å². The van der Waals surface area contributed by atoms with E-state index in [4.69, 9.17) is 9.47 Å². The van der Waals surface area contributed by atoms with E-state index in [0.717, 1.165) is 6.42 Å². The van der Waals surface area contributed by atoms with Gasteiger partial charge in [-0.25, -0.2) is 4.39 Å². The summed E-state index contributed by atoms with van der Waals surface area (Å²) in [4.78, 5) is 28.6. The number of carbonyl (C=O) groups is 2. The minimum absolute atomic E-state index is 0.00612. The van der Waals surface area contributed by atoms with Gasteiger partial charge in [0.2, 0.25) is 5.91 Å². The molecule has 1 fully saturated rings. The van der Waals surface area contributed by atoms with E-state index >= 15 is 0 Å². The Bertz CT molecular complexity index is 870. The number of hydrogen-bond donors (Lipinski definition) is 0. The van der Waals surface area contributed by atoms with Gasteiger partial charge in [-0.2, -0.15) is 0 Å². The lowest BCUT2D eigenvalue weighted by atomic mass is 10.1. The Hall–Kier alpha value is -3.09. The summed E-state index contributed by atoms with van der Waals surface area (Å²) >= 11 is 0. The number of likely N-dealkylation sites (tertiary alicyclic amines) is 1. The predicted octanol–water partition coefficient (Wildman–Crippen LogP) is 3.85. The number of nitrogens with zero attached hydrogens (tertiary/aromatic N) is 2. The Labute approximate surface area is 169 Å². The molecule has 0 radical (unpaired) electrons. The van der Waals surface area contributed by atoms with E-state index in [1.165, 1.54) is 29.2 Å². The number of benzene rings is 2. The number of rotatable bonds is 8. The van der Waals surface area contributed by atoms with Crippen molar-refractivity contribution in [2.24, 2.45) is 0 Å². The Kier molecular flexibility index (Phi) is 6.69. The third-order valence-corrected chi connectivity index (χ3v) is 4.66. The van der Waals surface area contributed by atoms with Gasteiger partial charge in [0.1, 0.15) is 12.5 Å². The van der Waals surface area contributed by atoms with Crippen molar-refractivity contribution in [3.8, 4) is 11.5 Å². The predicted molar refractivity (Wildman–Crippen MR) is 108 cm³/mol. The topological polar surface area (TPSA) is 59.1 Å². The molecule has 0 aliphatic carbocycles. The molecule has 1 aliphatic heterocycles. The zero-order chi connectivity index (χ0) is 20.8. The van der Waals surface area contributed by atoms with Crippen LogP contribution in [-0.4, -0.2) is 43.1 Å². The molecule has 7 heteroatoms. The summed E-state index contributed by atoms with van der Waals surface area (Å²) in [6, 6.07) is 10.7. The van der Waals surface area contributed by atoms with Crippen LogP contribution in [0, 0.1) is 5.82 Å². The maximum atomic E-state index is 13.4. The fourth-order valence-electron chi connectivity index (χ4n) is 3.25. The van der Waals surface area contributed by atoms with Crippen molar-refractivity contribution >= 4 is 17.5 Å². The van der Waals surface area contributed by atoms with Gasteiger partial charge in [-0.1, -0.05) is 0 Å². The number of ether oxygens (including phenoxy) is 2. The maximum Gasteiger partial charge on any atom is 0.259 e. The summed E-state index contributed by atoms with van der Waals surface area (Å²) in [5, 5.41) is 0. The molecule has 154 valence electrons. The van der Waals surface area contributed by atoms with Crippen molar-refractivity contribution in [1.29, 1.82) is 0 Å². The van der Waals surface area contributed by atoms with Gasteiger partial charge in [-0.05, 0) is 62.7 Å². The molecule has 0 bridgehead atoms. The average molecular weight is 400 g/mol. The average Bonchev–Trinajstić information content (AvgIpc) is 3.12. The van der Waals surface area contributed by atoms with E-state index in [9.17, 15) is 14.0 Å². The molecule has 6 nitrogen and oxygen atoms in total. The highest BCUT2D eigenvalue weighted by Gasteiger charge is 2.27. The van der Waals surface area contributed by atoms with E-state index in [2.05, 4.69) is 0 Å². The fourth-order valence-corrected chi connectivity index (χ4v) is 3.25. The van der Waals surface area contributed by atoms with Gasteiger partial charge in [0.15, 0.2) is 11.5 Å². The molecule has 0 atom stereocenters. The fraction of sp³-hybridized carbons (Fsp3) is 0.364. The van der Waals surface area contributed by atoms with Crippen LogP contribution in [0.4, 0.5) is 10.1 Å². The Morgan fingerprint density at radius 2 is 1.76 bits per heavy atom. The summed E-state index contributed by atoms with van der Waals surface area (Å²) in [6.07, 6.45) is 1.24. The summed E-state index contributed by atoms with van der Waals surface area (Å²) in [6.45, 7) is 5.34. The zero-order valence-electron chi connectivity index (χ0n) is 16.7. The second-order valence-electron chi connectivity index (χ2n) is 6.64. The van der Waals surface area contributed by atoms with Gasteiger partial charge in [0.05, 0.1) is 13.2 Å². The molecule has 0 aromatic heterocycles. The molecule has 1 aliphatic rings. The van der Waals surface area contributed by atoms with Gasteiger partial charge in [0, 0.05) is 24.2 Å². The highest BCUT2D eigenvalue weighted by Crippen LogP contribution is 2.30. The molecule has 0 spiro atoms. The first-order valence-corrected chi connectivity index (χ1v) is 9.78. The van der Waals surface area contributed by atoms with E-state index in [0.29, 0.717) is 48.9 Å². The van der Waals surface area contributed by atoms with Crippen LogP contribution in [0.3, 0.4) is 0 Å². The van der Waals surface area contributed by atoms with E-state index in [1.807, 2.05) is 13.8 Å². The minimum Gasteiger partial charge on any atom is -0.490 e. The molecule has 2 amide bonds. The van der Waals surface area contributed by atoms with Crippen molar-refractivity contribution in [2.75, 3.05) is 31.3 Å². The van der Waals surface area contributed by atoms with E-state index in [1.54, 1.807) is 23.1 Å². The number of halogens is 1. The zero-order valence-corrected chi connectivity index (χ0v) is 16.7. The molecule has 3 rings (SSSR count). The lowest BCUT2D eigenvalue weighted by molar-refractivity contribution is -0.127. The van der Waals surface area contributed by atoms with Crippen LogP contribution in [0.2, 0.25) is 0 Å². The standard InChI is InChI=1S/C22H25FN2O4/c1-3-28-19-12-7-16(14-20(19)29-4-2)22(27)25(15-24-13-5-6-21(24)26)18-10-8-17(23)9-11-18/h7-12,14H,3-6,13,15H2,1-2H3. The normalized spacial score (nSPS) is 13.5. The van der Waals surface area contributed by atoms with Gasteiger partial charge >= 0.3 is 0 Å². The van der Waals surface area contributed by atoms with Gasteiger partial charge < -0.3 is 14.4 Å². The molecule has 1 saturated heterocycles.